The molecule has 3 N–H and O–H groups in total. The zero-order chi connectivity index (χ0) is 16.9. The molecule has 2 unspecified atom stereocenters. The molecule has 130 valence electrons. The van der Waals surface area contributed by atoms with E-state index in [1.54, 1.807) is 4.90 Å². The third kappa shape index (κ3) is 3.76. The Balaban J connectivity index is 1.61. The summed E-state index contributed by atoms with van der Waals surface area (Å²) < 4.78 is 5.31. The van der Waals surface area contributed by atoms with E-state index in [1.165, 1.54) is 0 Å². The first-order chi connectivity index (χ1) is 11.7. The quantitative estimate of drug-likeness (QED) is 0.864. The first kappa shape index (κ1) is 16.9. The molecule has 2 fully saturated rings. The number of hydrogen-bond acceptors (Lipinski definition) is 4. The SMILES string of the molecule is NC(C(=O)NC1CCCN(c2ccccc2)C1=O)C1CCOCC1. The largest absolute Gasteiger partial charge is 0.381 e. The zero-order valence-corrected chi connectivity index (χ0v) is 13.8. The number of carbonyl (C=O) groups is 2. The Bertz CT molecular complexity index is 572. The lowest BCUT2D eigenvalue weighted by Gasteiger charge is -2.34. The van der Waals surface area contributed by atoms with E-state index < -0.39 is 12.1 Å². The summed E-state index contributed by atoms with van der Waals surface area (Å²) in [5.74, 6) is -0.155. The van der Waals surface area contributed by atoms with Gasteiger partial charge in [-0.25, -0.2) is 0 Å². The van der Waals surface area contributed by atoms with Gasteiger partial charge in [-0.2, -0.15) is 0 Å². The molecular formula is C18H25N3O3. The van der Waals surface area contributed by atoms with Gasteiger partial charge in [-0.3, -0.25) is 9.59 Å². The van der Waals surface area contributed by atoms with Crippen LogP contribution in [0, 0.1) is 5.92 Å². The molecule has 2 aliphatic heterocycles. The van der Waals surface area contributed by atoms with Gasteiger partial charge in [0.2, 0.25) is 11.8 Å². The van der Waals surface area contributed by atoms with Crippen LogP contribution in [0.5, 0.6) is 0 Å². The Morgan fingerprint density at radius 1 is 1.21 bits per heavy atom. The summed E-state index contributed by atoms with van der Waals surface area (Å²) in [6.07, 6.45) is 3.11. The van der Waals surface area contributed by atoms with E-state index in [0.29, 0.717) is 26.2 Å². The van der Waals surface area contributed by atoms with Crippen molar-refractivity contribution in [2.24, 2.45) is 11.7 Å². The van der Waals surface area contributed by atoms with Crippen LogP contribution in [-0.4, -0.2) is 43.7 Å². The summed E-state index contributed by atoms with van der Waals surface area (Å²) in [4.78, 5) is 26.9. The molecule has 6 heteroatoms. The topological polar surface area (TPSA) is 84.7 Å². The maximum atomic E-state index is 12.7. The number of hydrogen-bond donors (Lipinski definition) is 2. The highest BCUT2D eigenvalue weighted by Gasteiger charge is 2.33. The van der Waals surface area contributed by atoms with E-state index in [2.05, 4.69) is 5.32 Å². The summed E-state index contributed by atoms with van der Waals surface area (Å²) in [5, 5.41) is 2.87. The van der Waals surface area contributed by atoms with Crippen LogP contribution in [0.25, 0.3) is 0 Å². The third-order valence-corrected chi connectivity index (χ3v) is 4.90. The molecule has 0 radical (unpaired) electrons. The fourth-order valence-electron chi connectivity index (χ4n) is 3.43. The smallest absolute Gasteiger partial charge is 0.249 e. The number of nitrogens with zero attached hydrogens (tertiary/aromatic N) is 1. The summed E-state index contributed by atoms with van der Waals surface area (Å²) in [6.45, 7) is 1.98. The Morgan fingerprint density at radius 2 is 1.92 bits per heavy atom. The minimum atomic E-state index is -0.575. The fraction of sp³-hybridized carbons (Fsp3) is 0.556. The predicted octanol–water partition coefficient (Wildman–Crippen LogP) is 1.05. The number of ether oxygens (including phenoxy) is 1. The Labute approximate surface area is 142 Å². The van der Waals surface area contributed by atoms with Gasteiger partial charge in [0.15, 0.2) is 0 Å². The van der Waals surface area contributed by atoms with Gasteiger partial charge in [0.1, 0.15) is 6.04 Å². The van der Waals surface area contributed by atoms with Gasteiger partial charge in [-0.05, 0) is 43.7 Å². The molecule has 0 spiro atoms. The Hall–Kier alpha value is -1.92. The van der Waals surface area contributed by atoms with Crippen LogP contribution in [0.4, 0.5) is 5.69 Å². The molecule has 0 aliphatic carbocycles. The van der Waals surface area contributed by atoms with Crippen LogP contribution in [0.2, 0.25) is 0 Å². The number of benzene rings is 1. The van der Waals surface area contributed by atoms with Gasteiger partial charge < -0.3 is 20.7 Å². The highest BCUT2D eigenvalue weighted by Crippen LogP contribution is 2.22. The molecule has 2 aliphatic rings. The van der Waals surface area contributed by atoms with Crippen LogP contribution >= 0.6 is 0 Å². The lowest BCUT2D eigenvalue weighted by molar-refractivity contribution is -0.130. The van der Waals surface area contributed by atoms with E-state index in [9.17, 15) is 9.59 Å². The van der Waals surface area contributed by atoms with E-state index in [-0.39, 0.29) is 17.7 Å². The Kier molecular flexibility index (Phi) is 5.48. The average molecular weight is 331 g/mol. The van der Waals surface area contributed by atoms with E-state index in [4.69, 9.17) is 10.5 Å². The molecule has 2 atom stereocenters. The molecule has 3 rings (SSSR count). The third-order valence-electron chi connectivity index (χ3n) is 4.90. The molecule has 1 aromatic carbocycles. The van der Waals surface area contributed by atoms with Crippen molar-refractivity contribution < 1.29 is 14.3 Å². The van der Waals surface area contributed by atoms with Crippen LogP contribution in [0.15, 0.2) is 30.3 Å². The second kappa shape index (κ2) is 7.77. The molecule has 0 aromatic heterocycles. The van der Waals surface area contributed by atoms with Crippen LogP contribution < -0.4 is 16.0 Å². The van der Waals surface area contributed by atoms with Gasteiger partial charge >= 0.3 is 0 Å². The molecule has 1 aromatic rings. The number of para-hydroxylation sites is 1. The second-order valence-corrected chi connectivity index (χ2v) is 6.50. The van der Waals surface area contributed by atoms with E-state index >= 15 is 0 Å². The lowest BCUT2D eigenvalue weighted by atomic mass is 9.91. The van der Waals surface area contributed by atoms with Gasteiger partial charge in [0.05, 0.1) is 6.04 Å². The van der Waals surface area contributed by atoms with Crippen molar-refractivity contribution in [1.29, 1.82) is 0 Å². The van der Waals surface area contributed by atoms with E-state index in [0.717, 1.165) is 24.9 Å². The van der Waals surface area contributed by atoms with Crippen LogP contribution in [0.1, 0.15) is 25.7 Å². The number of rotatable bonds is 4. The molecule has 2 amide bonds. The molecule has 6 nitrogen and oxygen atoms in total. The zero-order valence-electron chi connectivity index (χ0n) is 13.8. The number of nitrogens with two attached hydrogens (primary N) is 1. The van der Waals surface area contributed by atoms with Crippen molar-refractivity contribution in [3.8, 4) is 0 Å². The fourth-order valence-corrected chi connectivity index (χ4v) is 3.43. The second-order valence-electron chi connectivity index (χ2n) is 6.50. The number of amides is 2. The minimum Gasteiger partial charge on any atom is -0.381 e. The van der Waals surface area contributed by atoms with Crippen molar-refractivity contribution >= 4 is 17.5 Å². The maximum Gasteiger partial charge on any atom is 0.249 e. The number of nitrogens with one attached hydrogen (secondary N) is 1. The van der Waals surface area contributed by atoms with Crippen LogP contribution in [0.3, 0.4) is 0 Å². The van der Waals surface area contributed by atoms with Gasteiger partial charge in [-0.1, -0.05) is 18.2 Å². The van der Waals surface area contributed by atoms with Crippen molar-refractivity contribution in [2.75, 3.05) is 24.7 Å². The first-order valence-electron chi connectivity index (χ1n) is 8.67. The number of anilines is 1. The molecule has 24 heavy (non-hydrogen) atoms. The minimum absolute atomic E-state index is 0.0556. The average Bonchev–Trinajstić information content (AvgIpc) is 2.64. The maximum absolute atomic E-state index is 12.7. The lowest BCUT2D eigenvalue weighted by Crippen LogP contribution is -2.57. The van der Waals surface area contributed by atoms with Gasteiger partial charge in [0, 0.05) is 25.4 Å². The summed E-state index contributed by atoms with van der Waals surface area (Å²) in [7, 11) is 0. The summed E-state index contributed by atoms with van der Waals surface area (Å²) in [6, 6.07) is 8.50. The predicted molar refractivity (Wildman–Crippen MR) is 91.5 cm³/mol. The van der Waals surface area contributed by atoms with E-state index in [1.807, 2.05) is 30.3 Å². The number of carbonyl (C=O) groups excluding carboxylic acids is 2. The molecule has 0 saturated carbocycles. The van der Waals surface area contributed by atoms with Gasteiger partial charge in [0.25, 0.3) is 0 Å². The molecular weight excluding hydrogens is 306 g/mol. The molecule has 2 heterocycles. The van der Waals surface area contributed by atoms with Crippen molar-refractivity contribution in [3.05, 3.63) is 30.3 Å². The van der Waals surface area contributed by atoms with Crippen molar-refractivity contribution in [3.63, 3.8) is 0 Å². The first-order valence-corrected chi connectivity index (χ1v) is 8.67. The normalized spacial score (nSPS) is 23.8. The molecule has 2 saturated heterocycles. The van der Waals surface area contributed by atoms with Crippen LogP contribution in [-0.2, 0) is 14.3 Å². The van der Waals surface area contributed by atoms with Crippen molar-refractivity contribution in [2.45, 2.75) is 37.8 Å². The summed E-state index contributed by atoms with van der Waals surface area (Å²) in [5.41, 5.74) is 6.98. The van der Waals surface area contributed by atoms with Crippen molar-refractivity contribution in [1.82, 2.24) is 5.32 Å². The summed E-state index contributed by atoms with van der Waals surface area (Å²) >= 11 is 0. The standard InChI is InChI=1S/C18H25N3O3/c19-16(13-8-11-24-12-9-13)17(22)20-15-7-4-10-21(18(15)23)14-5-2-1-3-6-14/h1-3,5-6,13,15-16H,4,7-12,19H2,(H,20,22). The monoisotopic (exact) mass is 331 g/mol. The molecule has 0 bridgehead atoms. The Morgan fingerprint density at radius 3 is 2.62 bits per heavy atom. The highest BCUT2D eigenvalue weighted by atomic mass is 16.5. The number of piperidine rings is 1. The highest BCUT2D eigenvalue weighted by molar-refractivity contribution is 6.00. The van der Waals surface area contributed by atoms with Gasteiger partial charge in [-0.15, -0.1) is 0 Å².